The predicted octanol–water partition coefficient (Wildman–Crippen LogP) is 4.01. The van der Waals surface area contributed by atoms with Gasteiger partial charge in [-0.2, -0.15) is 0 Å². The third kappa shape index (κ3) is 3.10. The van der Waals surface area contributed by atoms with Crippen LogP contribution in [0, 0.1) is 5.82 Å². The summed E-state index contributed by atoms with van der Waals surface area (Å²) in [7, 11) is 3.30. The van der Waals surface area contributed by atoms with Gasteiger partial charge in [0, 0.05) is 18.5 Å². The van der Waals surface area contributed by atoms with Crippen molar-refractivity contribution in [3.05, 3.63) is 70.5 Å². The molecule has 0 unspecified atom stereocenters. The first-order chi connectivity index (χ1) is 13.1. The number of nitrogens with zero attached hydrogens (tertiary/aromatic N) is 1. The molecule has 27 heavy (non-hydrogen) atoms. The van der Waals surface area contributed by atoms with Crippen molar-refractivity contribution in [2.75, 3.05) is 20.7 Å². The highest BCUT2D eigenvalue weighted by atomic mass is 19.1. The van der Waals surface area contributed by atoms with E-state index in [1.807, 2.05) is 24.1 Å². The van der Waals surface area contributed by atoms with Crippen LogP contribution in [0.4, 0.5) is 9.18 Å². The standard InChI is InChI=1S/C22H25FN2O2/c1-24-13-17-9-10-19-18-6-4-3-5-14(18)11-15-7-8-16(23)12-20(15)21(19)25(17)22(26)27-2/h3-8,12,17,19,21,24H,9-11,13H2,1-2H3/t17-,19-,21+/m1/s1. The van der Waals surface area contributed by atoms with Gasteiger partial charge in [0.1, 0.15) is 5.82 Å². The molecule has 0 saturated carbocycles. The van der Waals surface area contributed by atoms with E-state index < -0.39 is 0 Å². The zero-order chi connectivity index (χ0) is 19.0. The monoisotopic (exact) mass is 368 g/mol. The van der Waals surface area contributed by atoms with E-state index in [-0.39, 0.29) is 29.9 Å². The van der Waals surface area contributed by atoms with E-state index in [0.29, 0.717) is 6.54 Å². The number of nitrogens with one attached hydrogen (secondary N) is 1. The number of rotatable bonds is 2. The fourth-order valence-electron chi connectivity index (χ4n) is 4.85. The molecule has 4 nitrogen and oxygen atoms in total. The summed E-state index contributed by atoms with van der Waals surface area (Å²) < 4.78 is 19.4. The van der Waals surface area contributed by atoms with Gasteiger partial charge in [0.05, 0.1) is 13.2 Å². The van der Waals surface area contributed by atoms with E-state index in [2.05, 4.69) is 23.5 Å². The number of piperidine rings is 1. The smallest absolute Gasteiger partial charge is 0.410 e. The fraction of sp³-hybridized carbons (Fsp3) is 0.409. The van der Waals surface area contributed by atoms with Gasteiger partial charge in [-0.05, 0) is 60.7 Å². The van der Waals surface area contributed by atoms with Crippen LogP contribution < -0.4 is 5.32 Å². The summed E-state index contributed by atoms with van der Waals surface area (Å²) in [4.78, 5) is 14.6. The average molecular weight is 368 g/mol. The van der Waals surface area contributed by atoms with Crippen LogP contribution in [0.15, 0.2) is 42.5 Å². The molecule has 2 aromatic carbocycles. The molecule has 142 valence electrons. The molecule has 1 saturated heterocycles. The topological polar surface area (TPSA) is 41.6 Å². The zero-order valence-electron chi connectivity index (χ0n) is 15.7. The lowest BCUT2D eigenvalue weighted by Gasteiger charge is -2.46. The Balaban J connectivity index is 1.92. The fourth-order valence-corrected chi connectivity index (χ4v) is 4.85. The summed E-state index contributed by atoms with van der Waals surface area (Å²) in [6.07, 6.45) is 2.25. The number of amides is 1. The number of carbonyl (C=O) groups is 1. The minimum absolute atomic E-state index is 0.0186. The van der Waals surface area contributed by atoms with Gasteiger partial charge in [-0.25, -0.2) is 9.18 Å². The van der Waals surface area contributed by atoms with Crippen LogP contribution in [0.1, 0.15) is 47.1 Å². The van der Waals surface area contributed by atoms with Gasteiger partial charge in [-0.1, -0.05) is 30.3 Å². The van der Waals surface area contributed by atoms with E-state index in [1.165, 1.54) is 24.3 Å². The van der Waals surface area contributed by atoms with Gasteiger partial charge < -0.3 is 10.1 Å². The molecule has 1 aliphatic heterocycles. The van der Waals surface area contributed by atoms with E-state index in [0.717, 1.165) is 30.4 Å². The van der Waals surface area contributed by atoms with Crippen LogP contribution in [-0.4, -0.2) is 37.7 Å². The lowest BCUT2D eigenvalue weighted by atomic mass is 9.78. The number of fused-ring (bicyclic) bond motifs is 5. The molecule has 1 amide bonds. The Labute approximate surface area is 159 Å². The molecule has 0 bridgehead atoms. The first-order valence-corrected chi connectivity index (χ1v) is 9.51. The molecule has 1 heterocycles. The molecular formula is C22H25FN2O2. The zero-order valence-corrected chi connectivity index (χ0v) is 15.7. The van der Waals surface area contributed by atoms with Crippen molar-refractivity contribution in [1.82, 2.24) is 10.2 Å². The molecule has 1 aliphatic carbocycles. The van der Waals surface area contributed by atoms with Gasteiger partial charge in [0.2, 0.25) is 0 Å². The maximum Gasteiger partial charge on any atom is 0.410 e. The maximum absolute atomic E-state index is 14.2. The maximum atomic E-state index is 14.2. The van der Waals surface area contributed by atoms with Gasteiger partial charge in [0.25, 0.3) is 0 Å². The van der Waals surface area contributed by atoms with Gasteiger partial charge >= 0.3 is 6.09 Å². The Bertz CT molecular complexity index is 854. The van der Waals surface area contributed by atoms with Crippen molar-refractivity contribution in [1.29, 1.82) is 0 Å². The molecule has 4 rings (SSSR count). The van der Waals surface area contributed by atoms with E-state index in [9.17, 15) is 9.18 Å². The highest BCUT2D eigenvalue weighted by Gasteiger charge is 2.44. The molecule has 0 aromatic heterocycles. The van der Waals surface area contributed by atoms with Crippen LogP contribution in [0.3, 0.4) is 0 Å². The van der Waals surface area contributed by atoms with Crippen LogP contribution in [0.25, 0.3) is 0 Å². The third-order valence-corrected chi connectivity index (χ3v) is 5.97. The lowest BCUT2D eigenvalue weighted by Crippen LogP contribution is -2.51. The molecule has 5 heteroatoms. The lowest BCUT2D eigenvalue weighted by molar-refractivity contribution is 0.0483. The van der Waals surface area contributed by atoms with E-state index in [4.69, 9.17) is 4.74 Å². The summed E-state index contributed by atoms with van der Waals surface area (Å²) in [5.74, 6) is -0.129. The summed E-state index contributed by atoms with van der Waals surface area (Å²) in [6, 6.07) is 13.2. The Kier molecular flexibility index (Phi) is 4.87. The SMILES string of the molecule is CNC[C@H]1CC[C@@H]2c3ccccc3Cc3ccc(F)cc3[C@H]2N1C(=O)OC. The molecule has 2 aliphatic rings. The molecule has 3 atom stereocenters. The van der Waals surface area contributed by atoms with Gasteiger partial charge in [0.15, 0.2) is 0 Å². The normalized spacial score (nSPS) is 23.7. The molecular weight excluding hydrogens is 343 g/mol. The number of methoxy groups -OCH3 is 1. The summed E-state index contributed by atoms with van der Waals surface area (Å²) >= 11 is 0. The number of likely N-dealkylation sites (tertiary alicyclic amines) is 1. The number of likely N-dealkylation sites (N-methyl/N-ethyl adjacent to an activating group) is 1. The summed E-state index contributed by atoms with van der Waals surface area (Å²) in [5, 5.41) is 3.19. The number of carbonyl (C=O) groups excluding carboxylic acids is 1. The third-order valence-electron chi connectivity index (χ3n) is 5.97. The van der Waals surface area contributed by atoms with E-state index >= 15 is 0 Å². The van der Waals surface area contributed by atoms with Crippen molar-refractivity contribution < 1.29 is 13.9 Å². The number of hydrogen-bond donors (Lipinski definition) is 1. The average Bonchev–Trinajstić information content (AvgIpc) is 2.82. The molecule has 0 radical (unpaired) electrons. The number of halogens is 1. The van der Waals surface area contributed by atoms with Crippen LogP contribution in [0.5, 0.6) is 0 Å². The first-order valence-electron chi connectivity index (χ1n) is 9.51. The number of hydrogen-bond acceptors (Lipinski definition) is 3. The Hall–Kier alpha value is -2.40. The second kappa shape index (κ2) is 7.31. The van der Waals surface area contributed by atoms with E-state index in [1.54, 1.807) is 6.07 Å². The highest BCUT2D eigenvalue weighted by Crippen LogP contribution is 2.49. The molecule has 1 fully saturated rings. The molecule has 2 aromatic rings. The van der Waals surface area contributed by atoms with Crippen LogP contribution in [0.2, 0.25) is 0 Å². The minimum Gasteiger partial charge on any atom is -0.453 e. The highest BCUT2D eigenvalue weighted by molar-refractivity contribution is 5.70. The quantitative estimate of drug-likeness (QED) is 0.871. The van der Waals surface area contributed by atoms with Gasteiger partial charge in [-0.3, -0.25) is 4.90 Å². The molecule has 1 N–H and O–H groups in total. The van der Waals surface area contributed by atoms with Crippen LogP contribution in [-0.2, 0) is 11.2 Å². The minimum atomic E-state index is -0.348. The first kappa shape index (κ1) is 18.0. The number of benzene rings is 2. The summed E-state index contributed by atoms with van der Waals surface area (Å²) in [5.41, 5.74) is 4.50. The molecule has 0 spiro atoms. The Morgan fingerprint density at radius 1 is 1.19 bits per heavy atom. The largest absolute Gasteiger partial charge is 0.453 e. The number of ether oxygens (including phenoxy) is 1. The Morgan fingerprint density at radius 2 is 1.96 bits per heavy atom. The van der Waals surface area contributed by atoms with Crippen molar-refractivity contribution in [2.24, 2.45) is 0 Å². The Morgan fingerprint density at radius 3 is 2.74 bits per heavy atom. The summed E-state index contributed by atoms with van der Waals surface area (Å²) in [6.45, 7) is 0.685. The van der Waals surface area contributed by atoms with Crippen molar-refractivity contribution in [2.45, 2.75) is 37.3 Å². The van der Waals surface area contributed by atoms with Crippen molar-refractivity contribution in [3.63, 3.8) is 0 Å². The van der Waals surface area contributed by atoms with Gasteiger partial charge in [-0.15, -0.1) is 0 Å². The van der Waals surface area contributed by atoms with Crippen molar-refractivity contribution in [3.8, 4) is 0 Å². The van der Waals surface area contributed by atoms with Crippen molar-refractivity contribution >= 4 is 6.09 Å². The second-order valence-corrected chi connectivity index (χ2v) is 7.44. The van der Waals surface area contributed by atoms with Crippen LogP contribution >= 0.6 is 0 Å². The second-order valence-electron chi connectivity index (χ2n) is 7.44. The predicted molar refractivity (Wildman–Crippen MR) is 102 cm³/mol.